The number of benzene rings is 6. The number of fused-ring (bicyclic) bond motifs is 5. The summed E-state index contributed by atoms with van der Waals surface area (Å²) >= 11 is 0. The van der Waals surface area contributed by atoms with Crippen LogP contribution in [0.15, 0.2) is 133 Å². The normalized spacial score (nSPS) is 11.4. The second-order valence-electron chi connectivity index (χ2n) is 10.7. The van der Waals surface area contributed by atoms with Gasteiger partial charge < -0.3 is 15.4 Å². The van der Waals surface area contributed by atoms with Gasteiger partial charge in [0, 0.05) is 44.1 Å². The van der Waals surface area contributed by atoms with Gasteiger partial charge in [0.25, 0.3) is 0 Å². The molecule has 5 nitrogen and oxygen atoms in total. The Morgan fingerprint density at radius 1 is 0.628 bits per heavy atom. The summed E-state index contributed by atoms with van der Waals surface area (Å²) in [7, 11) is 0. The minimum absolute atomic E-state index is 0.192. The van der Waals surface area contributed by atoms with Crippen molar-refractivity contribution in [3.05, 3.63) is 145 Å². The Hall–Kier alpha value is -5.94. The Labute approximate surface area is 247 Å². The first kappa shape index (κ1) is 24.8. The smallest absolute Gasteiger partial charge is 0.124 e. The van der Waals surface area contributed by atoms with E-state index in [0.717, 1.165) is 55.2 Å². The molecule has 0 amide bonds. The van der Waals surface area contributed by atoms with Crippen LogP contribution in [-0.2, 0) is 0 Å². The highest BCUT2D eigenvalue weighted by atomic mass is 16.3. The van der Waals surface area contributed by atoms with Crippen LogP contribution < -0.4 is 5.32 Å². The molecule has 0 fully saturated rings. The van der Waals surface area contributed by atoms with E-state index in [1.807, 2.05) is 78.9 Å². The molecule has 8 aromatic rings. The van der Waals surface area contributed by atoms with E-state index in [4.69, 9.17) is 4.98 Å². The highest BCUT2D eigenvalue weighted by molar-refractivity contribution is 6.23. The number of nitrogens with zero attached hydrogens (tertiary/aromatic N) is 1. The SMILES string of the molecule is N=C(c1ccccc1Nc1cccc2ccc(-c3ccccc3O)nc12)c1cccc2c1[nH]c1cc3ccccc3cc12. The number of aromatic nitrogens is 2. The van der Waals surface area contributed by atoms with Crippen LogP contribution in [0, 0.1) is 5.41 Å². The van der Waals surface area contributed by atoms with Crippen molar-refractivity contribution in [1.82, 2.24) is 9.97 Å². The summed E-state index contributed by atoms with van der Waals surface area (Å²) in [5.41, 5.74) is 7.85. The first-order chi connectivity index (χ1) is 21.1. The highest BCUT2D eigenvalue weighted by Crippen LogP contribution is 2.35. The summed E-state index contributed by atoms with van der Waals surface area (Å²) in [6.07, 6.45) is 0. The molecule has 2 aromatic heterocycles. The molecule has 0 unspecified atom stereocenters. The number of pyridine rings is 1. The number of para-hydroxylation sites is 4. The minimum Gasteiger partial charge on any atom is -0.507 e. The van der Waals surface area contributed by atoms with Gasteiger partial charge in [-0.3, -0.25) is 5.41 Å². The number of anilines is 2. The maximum atomic E-state index is 10.4. The quantitative estimate of drug-likeness (QED) is 0.160. The number of hydrogen-bond acceptors (Lipinski definition) is 4. The Morgan fingerprint density at radius 2 is 1.33 bits per heavy atom. The lowest BCUT2D eigenvalue weighted by Crippen LogP contribution is -2.06. The molecule has 0 saturated heterocycles. The predicted octanol–water partition coefficient (Wildman–Crippen LogP) is 9.55. The van der Waals surface area contributed by atoms with Gasteiger partial charge in [0.2, 0.25) is 0 Å². The molecule has 4 N–H and O–H groups in total. The molecule has 6 aromatic carbocycles. The summed E-state index contributed by atoms with van der Waals surface area (Å²) in [5, 5.41) is 29.0. The molecule has 204 valence electrons. The van der Waals surface area contributed by atoms with Gasteiger partial charge in [-0.2, -0.15) is 0 Å². The van der Waals surface area contributed by atoms with Gasteiger partial charge in [-0.1, -0.05) is 91.0 Å². The number of phenols is 1. The third-order valence-corrected chi connectivity index (χ3v) is 8.14. The molecule has 0 aliphatic heterocycles. The highest BCUT2D eigenvalue weighted by Gasteiger charge is 2.17. The molecule has 2 heterocycles. The number of phenolic OH excluding ortho intramolecular Hbond substituents is 1. The lowest BCUT2D eigenvalue weighted by molar-refractivity contribution is 0.477. The van der Waals surface area contributed by atoms with E-state index in [0.29, 0.717) is 17.0 Å². The van der Waals surface area contributed by atoms with Gasteiger partial charge in [0.05, 0.1) is 28.1 Å². The van der Waals surface area contributed by atoms with Crippen molar-refractivity contribution < 1.29 is 5.11 Å². The van der Waals surface area contributed by atoms with Gasteiger partial charge in [0.1, 0.15) is 5.75 Å². The Bertz CT molecular complexity index is 2370. The molecular formula is C38H26N4O. The second-order valence-corrected chi connectivity index (χ2v) is 10.7. The fourth-order valence-electron chi connectivity index (χ4n) is 6.01. The second kappa shape index (κ2) is 9.86. The molecule has 5 heteroatoms. The van der Waals surface area contributed by atoms with Crippen LogP contribution >= 0.6 is 0 Å². The molecule has 0 spiro atoms. The fourth-order valence-corrected chi connectivity index (χ4v) is 6.01. The van der Waals surface area contributed by atoms with Gasteiger partial charge in [-0.25, -0.2) is 4.98 Å². The summed E-state index contributed by atoms with van der Waals surface area (Å²) in [4.78, 5) is 8.56. The molecule has 0 radical (unpaired) electrons. The minimum atomic E-state index is 0.192. The third-order valence-electron chi connectivity index (χ3n) is 8.14. The van der Waals surface area contributed by atoms with E-state index < -0.39 is 0 Å². The molecule has 0 aliphatic carbocycles. The summed E-state index contributed by atoms with van der Waals surface area (Å²) in [6.45, 7) is 0. The molecular weight excluding hydrogens is 528 g/mol. The lowest BCUT2D eigenvalue weighted by Gasteiger charge is -2.15. The Morgan fingerprint density at radius 3 is 2.21 bits per heavy atom. The average Bonchev–Trinajstić information content (AvgIpc) is 3.41. The molecule has 0 saturated carbocycles. The zero-order valence-electron chi connectivity index (χ0n) is 23.1. The van der Waals surface area contributed by atoms with Crippen LogP contribution in [0.1, 0.15) is 11.1 Å². The molecule has 0 bridgehead atoms. The van der Waals surface area contributed by atoms with E-state index in [9.17, 15) is 10.5 Å². The number of nitrogens with one attached hydrogen (secondary N) is 3. The summed E-state index contributed by atoms with van der Waals surface area (Å²) in [5.74, 6) is 0.192. The number of rotatable bonds is 5. The van der Waals surface area contributed by atoms with Crippen molar-refractivity contribution in [1.29, 1.82) is 5.41 Å². The van der Waals surface area contributed by atoms with Crippen LogP contribution in [0.3, 0.4) is 0 Å². The summed E-state index contributed by atoms with van der Waals surface area (Å²) in [6, 6.07) is 44.0. The van der Waals surface area contributed by atoms with Gasteiger partial charge in [0.15, 0.2) is 0 Å². The average molecular weight is 555 g/mol. The number of aromatic amines is 1. The molecule has 8 rings (SSSR count). The van der Waals surface area contributed by atoms with Crippen molar-refractivity contribution in [3.8, 4) is 17.0 Å². The first-order valence-corrected chi connectivity index (χ1v) is 14.2. The van der Waals surface area contributed by atoms with Gasteiger partial charge in [-0.15, -0.1) is 0 Å². The van der Waals surface area contributed by atoms with E-state index in [-0.39, 0.29) is 5.75 Å². The Balaban J connectivity index is 1.22. The Kier molecular flexibility index (Phi) is 5.69. The maximum Gasteiger partial charge on any atom is 0.124 e. The fraction of sp³-hybridized carbons (Fsp3) is 0. The number of H-pyrrole nitrogens is 1. The van der Waals surface area contributed by atoms with E-state index in [1.54, 1.807) is 12.1 Å². The summed E-state index contributed by atoms with van der Waals surface area (Å²) < 4.78 is 0. The van der Waals surface area contributed by atoms with Crippen LogP contribution in [0.5, 0.6) is 5.75 Å². The monoisotopic (exact) mass is 554 g/mol. The molecule has 0 atom stereocenters. The topological polar surface area (TPSA) is 84.8 Å². The van der Waals surface area contributed by atoms with Crippen molar-refractivity contribution >= 4 is 60.6 Å². The van der Waals surface area contributed by atoms with Gasteiger partial charge in [-0.05, 0) is 53.2 Å². The lowest BCUT2D eigenvalue weighted by atomic mass is 9.98. The third kappa shape index (κ3) is 4.18. The number of aromatic hydroxyl groups is 1. The first-order valence-electron chi connectivity index (χ1n) is 14.2. The zero-order valence-corrected chi connectivity index (χ0v) is 23.1. The number of hydrogen-bond donors (Lipinski definition) is 4. The maximum absolute atomic E-state index is 10.4. The standard InChI is InChI=1S/C38H26N4O/c39-36(29-15-8-14-26-30-21-24-9-1-2-10-25(24)22-34(30)42-38(26)29)28-13-3-5-16-31(28)40-33-17-7-11-23-19-20-32(41-37(23)33)27-12-4-6-18-35(27)43/h1-22,39-40,42-43H. The van der Waals surface area contributed by atoms with Crippen LogP contribution in [0.2, 0.25) is 0 Å². The van der Waals surface area contributed by atoms with Crippen LogP contribution in [0.25, 0.3) is 54.7 Å². The van der Waals surface area contributed by atoms with Crippen molar-refractivity contribution in [2.45, 2.75) is 0 Å². The van der Waals surface area contributed by atoms with Crippen LogP contribution in [-0.4, -0.2) is 20.8 Å². The van der Waals surface area contributed by atoms with Crippen molar-refractivity contribution in [2.24, 2.45) is 0 Å². The van der Waals surface area contributed by atoms with E-state index >= 15 is 0 Å². The van der Waals surface area contributed by atoms with Gasteiger partial charge >= 0.3 is 0 Å². The largest absolute Gasteiger partial charge is 0.507 e. The predicted molar refractivity (Wildman–Crippen MR) is 178 cm³/mol. The van der Waals surface area contributed by atoms with Crippen molar-refractivity contribution in [2.75, 3.05) is 5.32 Å². The van der Waals surface area contributed by atoms with E-state index in [1.165, 1.54) is 10.8 Å². The van der Waals surface area contributed by atoms with Crippen molar-refractivity contribution in [3.63, 3.8) is 0 Å². The zero-order chi connectivity index (χ0) is 28.9. The van der Waals surface area contributed by atoms with Crippen LogP contribution in [0.4, 0.5) is 11.4 Å². The molecule has 0 aliphatic rings. The molecule has 43 heavy (non-hydrogen) atoms. The van der Waals surface area contributed by atoms with E-state index in [2.05, 4.69) is 52.8 Å².